The van der Waals surface area contributed by atoms with E-state index in [0.717, 1.165) is 5.56 Å². The SMILES string of the molecule is Cc1ccc(S(=O)(=O)[O-])c(Br)c1.[Na+]. The Hall–Kier alpha value is 0.610. The summed E-state index contributed by atoms with van der Waals surface area (Å²) in [4.78, 5) is -0.215. The van der Waals surface area contributed by atoms with Crippen molar-refractivity contribution in [3.8, 4) is 0 Å². The van der Waals surface area contributed by atoms with E-state index in [1.54, 1.807) is 12.1 Å². The molecule has 0 aliphatic heterocycles. The summed E-state index contributed by atoms with van der Waals surface area (Å²) in [5.41, 5.74) is 0.897. The molecule has 13 heavy (non-hydrogen) atoms. The second-order valence-electron chi connectivity index (χ2n) is 2.39. The molecule has 0 aliphatic carbocycles. The van der Waals surface area contributed by atoms with Gasteiger partial charge in [-0.1, -0.05) is 6.07 Å². The van der Waals surface area contributed by atoms with Crippen molar-refractivity contribution in [3.63, 3.8) is 0 Å². The third kappa shape index (κ3) is 3.69. The van der Waals surface area contributed by atoms with Crippen LogP contribution in [0.25, 0.3) is 0 Å². The van der Waals surface area contributed by atoms with Crippen molar-refractivity contribution in [2.45, 2.75) is 11.8 Å². The molecule has 0 unspecified atom stereocenters. The van der Waals surface area contributed by atoms with E-state index in [4.69, 9.17) is 0 Å². The first-order chi connectivity index (χ1) is 5.41. The van der Waals surface area contributed by atoms with Crippen molar-refractivity contribution < 1.29 is 42.5 Å². The van der Waals surface area contributed by atoms with E-state index in [1.165, 1.54) is 6.07 Å². The maximum atomic E-state index is 10.6. The normalized spacial score (nSPS) is 10.7. The van der Waals surface area contributed by atoms with Crippen LogP contribution in [0, 0.1) is 6.92 Å². The van der Waals surface area contributed by atoms with Gasteiger partial charge in [-0.3, -0.25) is 0 Å². The van der Waals surface area contributed by atoms with Gasteiger partial charge in [-0.15, -0.1) is 0 Å². The largest absolute Gasteiger partial charge is 1.00 e. The van der Waals surface area contributed by atoms with Crippen LogP contribution >= 0.6 is 15.9 Å². The molecule has 1 aromatic rings. The number of hydrogen-bond acceptors (Lipinski definition) is 3. The van der Waals surface area contributed by atoms with E-state index in [-0.39, 0.29) is 34.5 Å². The predicted molar refractivity (Wildman–Crippen MR) is 46.8 cm³/mol. The molecule has 0 aliphatic rings. The molecule has 0 fully saturated rings. The van der Waals surface area contributed by atoms with Crippen molar-refractivity contribution in [2.75, 3.05) is 0 Å². The predicted octanol–water partition coefficient (Wildman–Crippen LogP) is -1.33. The van der Waals surface area contributed by atoms with Crippen LogP contribution in [0.4, 0.5) is 0 Å². The minimum Gasteiger partial charge on any atom is -0.744 e. The first kappa shape index (κ1) is 13.6. The molecule has 3 nitrogen and oxygen atoms in total. The number of rotatable bonds is 1. The van der Waals surface area contributed by atoms with Gasteiger partial charge in [-0.05, 0) is 40.5 Å². The zero-order chi connectivity index (χ0) is 9.35. The average Bonchev–Trinajstić information content (AvgIpc) is 1.83. The minimum absolute atomic E-state index is 0. The number of aryl methyl sites for hydroxylation is 1. The van der Waals surface area contributed by atoms with E-state index >= 15 is 0 Å². The molecular weight excluding hydrogens is 267 g/mol. The standard InChI is InChI=1S/C7H7BrO3S.Na/c1-5-2-3-7(6(8)4-5)12(9,10)11;/h2-4H,1H3,(H,9,10,11);/q;+1/p-1. The van der Waals surface area contributed by atoms with Gasteiger partial charge in [0.05, 0.1) is 4.90 Å². The van der Waals surface area contributed by atoms with Crippen LogP contribution in [0.1, 0.15) is 5.56 Å². The monoisotopic (exact) mass is 272 g/mol. The van der Waals surface area contributed by atoms with Crippen LogP contribution in [-0.4, -0.2) is 13.0 Å². The van der Waals surface area contributed by atoms with Crippen LogP contribution < -0.4 is 29.6 Å². The van der Waals surface area contributed by atoms with Gasteiger partial charge >= 0.3 is 29.6 Å². The van der Waals surface area contributed by atoms with Crippen molar-refractivity contribution in [2.24, 2.45) is 0 Å². The smallest absolute Gasteiger partial charge is 0.744 e. The molecule has 1 rings (SSSR count). The molecule has 1 aromatic carbocycles. The fraction of sp³-hybridized carbons (Fsp3) is 0.143. The molecule has 0 spiro atoms. The molecule has 0 N–H and O–H groups in total. The van der Waals surface area contributed by atoms with Crippen LogP contribution in [0.2, 0.25) is 0 Å². The zero-order valence-electron chi connectivity index (χ0n) is 7.24. The first-order valence-electron chi connectivity index (χ1n) is 3.13. The zero-order valence-corrected chi connectivity index (χ0v) is 11.6. The van der Waals surface area contributed by atoms with Crippen molar-refractivity contribution in [1.82, 2.24) is 0 Å². The van der Waals surface area contributed by atoms with Crippen LogP contribution in [-0.2, 0) is 10.1 Å². The molecule has 6 heteroatoms. The Bertz CT molecular complexity index is 402. The Morgan fingerprint density at radius 1 is 1.38 bits per heavy atom. The van der Waals surface area contributed by atoms with Gasteiger partial charge < -0.3 is 4.55 Å². The minimum atomic E-state index is -4.35. The van der Waals surface area contributed by atoms with Gasteiger partial charge in [0.25, 0.3) is 0 Å². The van der Waals surface area contributed by atoms with Crippen LogP contribution in [0.5, 0.6) is 0 Å². The topological polar surface area (TPSA) is 57.2 Å². The molecule has 0 radical (unpaired) electrons. The first-order valence-corrected chi connectivity index (χ1v) is 5.33. The van der Waals surface area contributed by atoms with E-state index in [2.05, 4.69) is 15.9 Å². The Morgan fingerprint density at radius 3 is 2.31 bits per heavy atom. The second kappa shape index (κ2) is 4.91. The molecule has 0 aromatic heterocycles. The van der Waals surface area contributed by atoms with Crippen LogP contribution in [0.3, 0.4) is 0 Å². The summed E-state index contributed by atoms with van der Waals surface area (Å²) < 4.78 is 32.1. The van der Waals surface area contributed by atoms with Crippen molar-refractivity contribution >= 4 is 26.0 Å². The number of benzene rings is 1. The van der Waals surface area contributed by atoms with Gasteiger partial charge in [-0.25, -0.2) is 8.42 Å². The quantitative estimate of drug-likeness (QED) is 0.470. The van der Waals surface area contributed by atoms with E-state index in [9.17, 15) is 13.0 Å². The van der Waals surface area contributed by atoms with Gasteiger partial charge in [0, 0.05) is 4.47 Å². The summed E-state index contributed by atoms with van der Waals surface area (Å²) in [5.74, 6) is 0. The second-order valence-corrected chi connectivity index (χ2v) is 4.59. The maximum Gasteiger partial charge on any atom is 1.00 e. The third-order valence-corrected chi connectivity index (χ3v) is 3.17. The van der Waals surface area contributed by atoms with Gasteiger partial charge in [0.1, 0.15) is 10.1 Å². The maximum absolute atomic E-state index is 10.6. The van der Waals surface area contributed by atoms with E-state index in [0.29, 0.717) is 4.47 Å². The third-order valence-electron chi connectivity index (χ3n) is 1.36. The molecule has 66 valence electrons. The Labute approximate surface area is 108 Å². The molecule has 0 saturated heterocycles. The molecular formula is C7H6BrNaO3S. The summed E-state index contributed by atoms with van der Waals surface area (Å²) in [7, 11) is -4.35. The summed E-state index contributed by atoms with van der Waals surface area (Å²) >= 11 is 3.00. The fourth-order valence-electron chi connectivity index (χ4n) is 0.809. The molecule has 0 heterocycles. The summed E-state index contributed by atoms with van der Waals surface area (Å²) in [6.45, 7) is 1.81. The molecule has 0 saturated carbocycles. The average molecular weight is 273 g/mol. The molecule has 0 amide bonds. The van der Waals surface area contributed by atoms with Crippen molar-refractivity contribution in [1.29, 1.82) is 0 Å². The van der Waals surface area contributed by atoms with E-state index < -0.39 is 10.1 Å². The summed E-state index contributed by atoms with van der Waals surface area (Å²) in [6, 6.07) is 4.46. The van der Waals surface area contributed by atoms with Gasteiger partial charge in [0.15, 0.2) is 0 Å². The van der Waals surface area contributed by atoms with Crippen LogP contribution in [0.15, 0.2) is 27.6 Å². The summed E-state index contributed by atoms with van der Waals surface area (Å²) in [6.07, 6.45) is 0. The fourth-order valence-corrected chi connectivity index (χ4v) is 2.43. The van der Waals surface area contributed by atoms with E-state index in [1.807, 2.05) is 6.92 Å². The number of hydrogen-bond donors (Lipinski definition) is 0. The Morgan fingerprint density at radius 2 is 1.92 bits per heavy atom. The molecule has 0 bridgehead atoms. The Balaban J connectivity index is 0.00000144. The Kier molecular flexibility index (Phi) is 5.14. The summed E-state index contributed by atoms with van der Waals surface area (Å²) in [5, 5.41) is 0. The number of halogens is 1. The molecule has 0 atom stereocenters. The van der Waals surface area contributed by atoms with Gasteiger partial charge in [0.2, 0.25) is 0 Å². The van der Waals surface area contributed by atoms with Crippen molar-refractivity contribution in [3.05, 3.63) is 28.2 Å². The van der Waals surface area contributed by atoms with Gasteiger partial charge in [-0.2, -0.15) is 0 Å².